The van der Waals surface area contributed by atoms with E-state index in [4.69, 9.17) is 23.8 Å². The molecule has 0 spiro atoms. The zero-order valence-electron chi connectivity index (χ0n) is 21.8. The molecular formula is C30H30ClN5OS. The van der Waals surface area contributed by atoms with Gasteiger partial charge in [-0.1, -0.05) is 24.6 Å². The van der Waals surface area contributed by atoms with E-state index < -0.39 is 0 Å². The minimum atomic E-state index is -0.150. The molecule has 1 aliphatic rings. The van der Waals surface area contributed by atoms with Crippen molar-refractivity contribution in [1.82, 2.24) is 14.9 Å². The average Bonchev–Trinajstić information content (AvgIpc) is 3.41. The van der Waals surface area contributed by atoms with Crippen molar-refractivity contribution in [2.24, 2.45) is 0 Å². The average molecular weight is 544 g/mol. The molecule has 38 heavy (non-hydrogen) atoms. The van der Waals surface area contributed by atoms with E-state index >= 15 is 0 Å². The van der Waals surface area contributed by atoms with E-state index in [1.807, 2.05) is 74.6 Å². The zero-order valence-corrected chi connectivity index (χ0v) is 23.4. The molecule has 3 heterocycles. The first-order valence-corrected chi connectivity index (χ1v) is 13.4. The van der Waals surface area contributed by atoms with Crippen LogP contribution >= 0.6 is 23.8 Å². The lowest BCUT2D eigenvalue weighted by atomic mass is 9.96. The van der Waals surface area contributed by atoms with Crippen molar-refractivity contribution >= 4 is 46.2 Å². The molecule has 5 rings (SSSR count). The fourth-order valence-corrected chi connectivity index (χ4v) is 5.67. The molecule has 2 N–H and O–H groups in total. The highest BCUT2D eigenvalue weighted by molar-refractivity contribution is 7.80. The number of aryl methyl sites for hydroxylation is 2. The summed E-state index contributed by atoms with van der Waals surface area (Å²) in [6, 6.07) is 21.8. The van der Waals surface area contributed by atoms with Crippen molar-refractivity contribution in [2.45, 2.75) is 46.2 Å². The van der Waals surface area contributed by atoms with Crippen LogP contribution in [0.2, 0.25) is 5.02 Å². The molecule has 2 aromatic carbocycles. The van der Waals surface area contributed by atoms with Gasteiger partial charge in [-0.15, -0.1) is 0 Å². The summed E-state index contributed by atoms with van der Waals surface area (Å²) in [5, 5.41) is 7.86. The van der Waals surface area contributed by atoms with E-state index in [-0.39, 0.29) is 18.0 Å². The van der Waals surface area contributed by atoms with Crippen molar-refractivity contribution in [2.75, 3.05) is 10.2 Å². The van der Waals surface area contributed by atoms with Gasteiger partial charge in [-0.05, 0) is 105 Å². The molecule has 0 radical (unpaired) electrons. The standard InChI is InChI=1S/C30H30ClN5OS/c1-5-27(37)33-25-14-13-23(16-18(25)2)36-29(28(34-30(36)38)26-8-6-7-15-32-26)24-17-19(3)35(20(24)4)22-11-9-21(31)10-12-22/h6-17,28-29H,5H2,1-4H3,(H,33,37)(H,34,38). The first-order valence-electron chi connectivity index (χ1n) is 12.6. The molecule has 4 aromatic rings. The number of amides is 1. The van der Waals surface area contributed by atoms with Crippen LogP contribution in [0.15, 0.2) is 72.9 Å². The third-order valence-corrected chi connectivity index (χ3v) is 7.62. The molecule has 1 aliphatic heterocycles. The lowest BCUT2D eigenvalue weighted by Gasteiger charge is -2.29. The number of rotatable bonds is 6. The van der Waals surface area contributed by atoms with E-state index in [1.165, 1.54) is 0 Å². The molecule has 8 heteroatoms. The molecule has 2 unspecified atom stereocenters. The fraction of sp³-hybridized carbons (Fsp3) is 0.233. The summed E-state index contributed by atoms with van der Waals surface area (Å²) in [5.41, 5.74) is 8.09. The second-order valence-corrected chi connectivity index (χ2v) is 10.4. The SMILES string of the molecule is CCC(=O)Nc1ccc(N2C(=S)NC(c3ccccn3)C2c2cc(C)n(-c3ccc(Cl)cc3)c2C)cc1C. The molecule has 0 bridgehead atoms. The number of nitrogens with one attached hydrogen (secondary N) is 2. The second kappa shape index (κ2) is 10.6. The number of carbonyl (C=O) groups excluding carboxylic acids is 1. The summed E-state index contributed by atoms with van der Waals surface area (Å²) in [5.74, 6) is -0.0121. The predicted molar refractivity (Wildman–Crippen MR) is 158 cm³/mol. The fourth-order valence-electron chi connectivity index (χ4n) is 5.20. The van der Waals surface area contributed by atoms with Crippen molar-refractivity contribution in [3.8, 4) is 5.69 Å². The first-order chi connectivity index (χ1) is 18.3. The summed E-state index contributed by atoms with van der Waals surface area (Å²) < 4.78 is 2.25. The zero-order chi connectivity index (χ0) is 27.0. The van der Waals surface area contributed by atoms with Crippen LogP contribution in [0.1, 0.15) is 53.6 Å². The van der Waals surface area contributed by atoms with Gasteiger partial charge in [0.2, 0.25) is 5.91 Å². The van der Waals surface area contributed by atoms with Crippen LogP contribution in [0, 0.1) is 20.8 Å². The molecule has 194 valence electrons. The maximum Gasteiger partial charge on any atom is 0.224 e. The molecule has 1 fully saturated rings. The largest absolute Gasteiger partial charge is 0.351 e. The van der Waals surface area contributed by atoms with Crippen LogP contribution in [0.3, 0.4) is 0 Å². The van der Waals surface area contributed by atoms with Crippen LogP contribution in [-0.2, 0) is 4.79 Å². The second-order valence-electron chi connectivity index (χ2n) is 9.54. The Bertz CT molecular complexity index is 1500. The number of nitrogens with zero attached hydrogens (tertiary/aromatic N) is 3. The van der Waals surface area contributed by atoms with Gasteiger partial charge in [-0.25, -0.2) is 0 Å². The van der Waals surface area contributed by atoms with Gasteiger partial charge in [0.15, 0.2) is 5.11 Å². The Labute approximate surface area is 233 Å². The predicted octanol–water partition coefficient (Wildman–Crippen LogP) is 6.98. The number of aromatic nitrogens is 2. The van der Waals surface area contributed by atoms with Crippen molar-refractivity contribution in [1.29, 1.82) is 0 Å². The third-order valence-electron chi connectivity index (χ3n) is 7.06. The Morgan fingerprint density at radius 3 is 2.45 bits per heavy atom. The summed E-state index contributed by atoms with van der Waals surface area (Å²) in [6.45, 7) is 8.09. The van der Waals surface area contributed by atoms with Crippen molar-refractivity contribution in [3.63, 3.8) is 0 Å². The lowest BCUT2D eigenvalue weighted by Crippen LogP contribution is -2.29. The van der Waals surface area contributed by atoms with Crippen LogP contribution in [0.25, 0.3) is 5.69 Å². The van der Waals surface area contributed by atoms with Crippen molar-refractivity contribution < 1.29 is 4.79 Å². The number of thiocarbonyl (C=S) groups is 1. The van der Waals surface area contributed by atoms with E-state index in [2.05, 4.69) is 51.1 Å². The topological polar surface area (TPSA) is 62.2 Å². The van der Waals surface area contributed by atoms with Gasteiger partial charge in [0.25, 0.3) is 0 Å². The smallest absolute Gasteiger partial charge is 0.224 e. The van der Waals surface area contributed by atoms with Gasteiger partial charge in [-0.3, -0.25) is 9.78 Å². The van der Waals surface area contributed by atoms with Crippen LogP contribution in [0.5, 0.6) is 0 Å². The molecule has 1 amide bonds. The van der Waals surface area contributed by atoms with Crippen molar-refractivity contribution in [3.05, 3.63) is 106 Å². The quantitative estimate of drug-likeness (QED) is 0.257. The first kappa shape index (κ1) is 25.9. The maximum atomic E-state index is 12.0. The van der Waals surface area contributed by atoms with E-state index in [0.717, 1.165) is 45.3 Å². The third kappa shape index (κ3) is 4.79. The Hall–Kier alpha value is -3.68. The molecule has 2 atom stereocenters. The highest BCUT2D eigenvalue weighted by Gasteiger charge is 2.42. The highest BCUT2D eigenvalue weighted by Crippen LogP contribution is 2.44. The Morgan fingerprint density at radius 1 is 1.05 bits per heavy atom. The van der Waals surface area contributed by atoms with Gasteiger partial charge in [-0.2, -0.15) is 0 Å². The summed E-state index contributed by atoms with van der Waals surface area (Å²) in [6.07, 6.45) is 2.24. The highest BCUT2D eigenvalue weighted by atomic mass is 35.5. The lowest BCUT2D eigenvalue weighted by molar-refractivity contribution is -0.115. The number of benzene rings is 2. The normalized spacial score (nSPS) is 17.0. The number of hydrogen-bond acceptors (Lipinski definition) is 3. The molecule has 6 nitrogen and oxygen atoms in total. The summed E-state index contributed by atoms with van der Waals surface area (Å²) in [4.78, 5) is 18.9. The Balaban J connectivity index is 1.63. The Kier molecular flexibility index (Phi) is 7.23. The minimum absolute atomic E-state index is 0.0121. The van der Waals surface area contributed by atoms with Gasteiger partial charge in [0.1, 0.15) is 0 Å². The number of pyridine rings is 1. The maximum absolute atomic E-state index is 12.0. The van der Waals surface area contributed by atoms with Crippen LogP contribution in [0.4, 0.5) is 11.4 Å². The van der Waals surface area contributed by atoms with Gasteiger partial charge in [0, 0.05) is 46.1 Å². The van der Waals surface area contributed by atoms with Crippen LogP contribution < -0.4 is 15.5 Å². The van der Waals surface area contributed by atoms with E-state index in [0.29, 0.717) is 16.6 Å². The number of anilines is 2. The van der Waals surface area contributed by atoms with Gasteiger partial charge < -0.3 is 20.1 Å². The minimum Gasteiger partial charge on any atom is -0.351 e. The molecule has 2 aromatic heterocycles. The molecular weight excluding hydrogens is 514 g/mol. The summed E-state index contributed by atoms with van der Waals surface area (Å²) in [7, 11) is 0. The number of carbonyl (C=O) groups is 1. The molecule has 1 saturated heterocycles. The molecule has 0 saturated carbocycles. The van der Waals surface area contributed by atoms with E-state index in [9.17, 15) is 4.79 Å². The summed E-state index contributed by atoms with van der Waals surface area (Å²) >= 11 is 12.1. The van der Waals surface area contributed by atoms with Crippen LogP contribution in [-0.4, -0.2) is 20.6 Å². The monoisotopic (exact) mass is 543 g/mol. The Morgan fingerprint density at radius 2 is 1.79 bits per heavy atom. The van der Waals surface area contributed by atoms with Gasteiger partial charge >= 0.3 is 0 Å². The molecule has 0 aliphatic carbocycles. The van der Waals surface area contributed by atoms with Gasteiger partial charge in [0.05, 0.1) is 17.8 Å². The van der Waals surface area contributed by atoms with E-state index in [1.54, 1.807) is 0 Å². The number of hydrogen-bond donors (Lipinski definition) is 2. The number of halogens is 1.